The molecule has 1 aliphatic heterocycles. The van der Waals surface area contributed by atoms with Gasteiger partial charge in [0.05, 0.1) is 19.1 Å². The van der Waals surface area contributed by atoms with Gasteiger partial charge in [0.1, 0.15) is 6.04 Å². The van der Waals surface area contributed by atoms with E-state index >= 15 is 0 Å². The smallest absolute Gasteiger partial charge is 0.241 e. The second-order valence-corrected chi connectivity index (χ2v) is 6.97. The number of hydrogen-bond donors (Lipinski definition) is 0. The molecule has 0 unspecified atom stereocenters. The van der Waals surface area contributed by atoms with Crippen molar-refractivity contribution in [2.24, 2.45) is 0 Å². The Labute approximate surface area is 139 Å². The molecule has 124 valence electrons. The van der Waals surface area contributed by atoms with Gasteiger partial charge < -0.3 is 14.1 Å². The van der Waals surface area contributed by atoms with E-state index in [9.17, 15) is 4.79 Å². The SMILES string of the molecule is CC(C)c1nnc([C@@H]2COCCN2C(=O)[C@@H](C)c2cccs2)o1. The summed E-state index contributed by atoms with van der Waals surface area (Å²) in [5.74, 6) is 1.10. The highest BCUT2D eigenvalue weighted by Crippen LogP contribution is 2.30. The number of aromatic nitrogens is 2. The summed E-state index contributed by atoms with van der Waals surface area (Å²) < 4.78 is 11.3. The summed E-state index contributed by atoms with van der Waals surface area (Å²) in [5.41, 5.74) is 0. The first-order valence-corrected chi connectivity index (χ1v) is 8.70. The predicted octanol–water partition coefficient (Wildman–Crippen LogP) is 2.96. The van der Waals surface area contributed by atoms with E-state index in [2.05, 4.69) is 10.2 Å². The molecule has 0 saturated carbocycles. The van der Waals surface area contributed by atoms with Crippen LogP contribution in [0.1, 0.15) is 55.3 Å². The zero-order valence-corrected chi connectivity index (χ0v) is 14.4. The summed E-state index contributed by atoms with van der Waals surface area (Å²) in [5, 5.41) is 10.2. The summed E-state index contributed by atoms with van der Waals surface area (Å²) in [4.78, 5) is 15.8. The molecule has 3 heterocycles. The Balaban J connectivity index is 1.81. The van der Waals surface area contributed by atoms with Crippen molar-refractivity contribution in [2.45, 2.75) is 38.6 Å². The molecule has 1 amide bonds. The third kappa shape index (κ3) is 3.30. The van der Waals surface area contributed by atoms with Gasteiger partial charge in [-0.1, -0.05) is 19.9 Å². The highest BCUT2D eigenvalue weighted by molar-refractivity contribution is 7.10. The van der Waals surface area contributed by atoms with E-state index in [0.717, 1.165) is 4.88 Å². The van der Waals surface area contributed by atoms with Gasteiger partial charge in [0.15, 0.2) is 0 Å². The van der Waals surface area contributed by atoms with Crippen molar-refractivity contribution < 1.29 is 13.9 Å². The molecule has 2 aromatic heterocycles. The van der Waals surface area contributed by atoms with E-state index in [1.165, 1.54) is 0 Å². The van der Waals surface area contributed by atoms with Gasteiger partial charge in [0, 0.05) is 17.3 Å². The molecule has 1 aliphatic rings. The number of rotatable bonds is 4. The molecule has 0 N–H and O–H groups in total. The van der Waals surface area contributed by atoms with Crippen LogP contribution in [-0.4, -0.2) is 40.8 Å². The first-order valence-electron chi connectivity index (χ1n) is 7.83. The minimum atomic E-state index is -0.307. The van der Waals surface area contributed by atoms with Crippen molar-refractivity contribution in [1.82, 2.24) is 15.1 Å². The van der Waals surface area contributed by atoms with Crippen molar-refractivity contribution >= 4 is 17.2 Å². The predicted molar refractivity (Wildman–Crippen MR) is 86.4 cm³/mol. The number of carbonyl (C=O) groups excluding carboxylic acids is 1. The molecule has 1 fully saturated rings. The summed E-state index contributed by atoms with van der Waals surface area (Å²) in [6.07, 6.45) is 0. The van der Waals surface area contributed by atoms with Crippen LogP contribution in [0.5, 0.6) is 0 Å². The molecule has 0 spiro atoms. The average Bonchev–Trinajstić information content (AvgIpc) is 3.24. The van der Waals surface area contributed by atoms with Crippen molar-refractivity contribution in [3.8, 4) is 0 Å². The van der Waals surface area contributed by atoms with Crippen molar-refractivity contribution in [2.75, 3.05) is 19.8 Å². The standard InChI is InChI=1S/C16H21N3O3S/c1-10(2)14-17-18-15(22-14)12-9-21-7-6-19(12)16(20)11(3)13-5-4-8-23-13/h4-5,8,10-12H,6-7,9H2,1-3H3/t11-,12-/m0/s1. The fraction of sp³-hybridized carbons (Fsp3) is 0.562. The van der Waals surface area contributed by atoms with Crippen LogP contribution in [-0.2, 0) is 9.53 Å². The average molecular weight is 335 g/mol. The van der Waals surface area contributed by atoms with Gasteiger partial charge in [0.25, 0.3) is 0 Å². The van der Waals surface area contributed by atoms with E-state index in [-0.39, 0.29) is 23.8 Å². The lowest BCUT2D eigenvalue weighted by Gasteiger charge is -2.35. The number of carbonyl (C=O) groups is 1. The molecule has 3 rings (SSSR count). The van der Waals surface area contributed by atoms with E-state index in [0.29, 0.717) is 31.5 Å². The maximum absolute atomic E-state index is 12.9. The minimum Gasteiger partial charge on any atom is -0.423 e. The van der Waals surface area contributed by atoms with Gasteiger partial charge in [0.2, 0.25) is 17.7 Å². The molecule has 0 aliphatic carbocycles. The zero-order chi connectivity index (χ0) is 16.4. The van der Waals surface area contributed by atoms with Gasteiger partial charge in [-0.25, -0.2) is 0 Å². The van der Waals surface area contributed by atoms with Crippen molar-refractivity contribution in [3.63, 3.8) is 0 Å². The van der Waals surface area contributed by atoms with Gasteiger partial charge in [-0.3, -0.25) is 4.79 Å². The topological polar surface area (TPSA) is 68.5 Å². The minimum absolute atomic E-state index is 0.0741. The lowest BCUT2D eigenvalue weighted by molar-refractivity contribution is -0.142. The Bertz CT molecular complexity index is 653. The van der Waals surface area contributed by atoms with Gasteiger partial charge in [-0.05, 0) is 18.4 Å². The van der Waals surface area contributed by atoms with Crippen LogP contribution in [0.4, 0.5) is 0 Å². The van der Waals surface area contributed by atoms with Crippen molar-refractivity contribution in [1.29, 1.82) is 0 Å². The molecular formula is C16H21N3O3S. The fourth-order valence-corrected chi connectivity index (χ4v) is 3.37. The van der Waals surface area contributed by atoms with Gasteiger partial charge in [-0.15, -0.1) is 21.5 Å². The second-order valence-electron chi connectivity index (χ2n) is 5.99. The van der Waals surface area contributed by atoms with Crippen LogP contribution in [0.25, 0.3) is 0 Å². The molecule has 0 aromatic carbocycles. The number of nitrogens with zero attached hydrogens (tertiary/aromatic N) is 3. The molecule has 6 nitrogen and oxygen atoms in total. The third-order valence-corrected chi connectivity index (χ3v) is 5.04. The van der Waals surface area contributed by atoms with E-state index in [4.69, 9.17) is 9.15 Å². The molecular weight excluding hydrogens is 314 g/mol. The Morgan fingerprint density at radius 2 is 2.22 bits per heavy atom. The molecule has 1 saturated heterocycles. The van der Waals surface area contributed by atoms with Crippen LogP contribution in [0.2, 0.25) is 0 Å². The fourth-order valence-electron chi connectivity index (χ4n) is 2.59. The van der Waals surface area contributed by atoms with E-state index in [1.54, 1.807) is 11.3 Å². The van der Waals surface area contributed by atoms with E-state index in [1.807, 2.05) is 43.2 Å². The number of hydrogen-bond acceptors (Lipinski definition) is 6. The monoisotopic (exact) mass is 335 g/mol. The molecule has 23 heavy (non-hydrogen) atoms. The summed E-state index contributed by atoms with van der Waals surface area (Å²) in [6, 6.07) is 3.65. The van der Waals surface area contributed by atoms with Crippen LogP contribution in [0.15, 0.2) is 21.9 Å². The van der Waals surface area contributed by atoms with E-state index < -0.39 is 0 Å². The number of ether oxygens (including phenoxy) is 1. The summed E-state index contributed by atoms with van der Waals surface area (Å²) in [6.45, 7) is 7.40. The second kappa shape index (κ2) is 6.80. The number of thiophene rings is 1. The van der Waals surface area contributed by atoms with Crippen molar-refractivity contribution in [3.05, 3.63) is 34.2 Å². The Hall–Kier alpha value is -1.73. The number of morpholine rings is 1. The summed E-state index contributed by atoms with van der Waals surface area (Å²) in [7, 11) is 0. The Morgan fingerprint density at radius 1 is 1.39 bits per heavy atom. The van der Waals surface area contributed by atoms with Gasteiger partial charge in [-0.2, -0.15) is 0 Å². The lowest BCUT2D eigenvalue weighted by Crippen LogP contribution is -2.45. The largest absolute Gasteiger partial charge is 0.423 e. The Morgan fingerprint density at radius 3 is 2.87 bits per heavy atom. The molecule has 7 heteroatoms. The first-order chi connectivity index (χ1) is 11.1. The molecule has 2 aromatic rings. The van der Waals surface area contributed by atoms with Crippen LogP contribution in [0.3, 0.4) is 0 Å². The quantitative estimate of drug-likeness (QED) is 0.859. The lowest BCUT2D eigenvalue weighted by atomic mass is 10.1. The van der Waals surface area contributed by atoms with Crippen LogP contribution < -0.4 is 0 Å². The first kappa shape index (κ1) is 16.1. The maximum Gasteiger partial charge on any atom is 0.241 e. The molecule has 0 bridgehead atoms. The Kier molecular flexibility index (Phi) is 4.77. The molecule has 2 atom stereocenters. The normalized spacial score (nSPS) is 20.0. The summed E-state index contributed by atoms with van der Waals surface area (Å²) >= 11 is 1.60. The zero-order valence-electron chi connectivity index (χ0n) is 13.6. The third-order valence-electron chi connectivity index (χ3n) is 3.99. The maximum atomic E-state index is 12.9. The molecule has 0 radical (unpaired) electrons. The highest BCUT2D eigenvalue weighted by atomic mass is 32.1. The highest BCUT2D eigenvalue weighted by Gasteiger charge is 2.35. The van der Waals surface area contributed by atoms with Crippen LogP contribution >= 0.6 is 11.3 Å². The number of amides is 1. The van der Waals surface area contributed by atoms with Crippen LogP contribution in [0, 0.1) is 0 Å². The van der Waals surface area contributed by atoms with Gasteiger partial charge >= 0.3 is 0 Å².